The highest BCUT2D eigenvalue weighted by molar-refractivity contribution is 5.97. The fourth-order valence-electron chi connectivity index (χ4n) is 2.74. The minimum atomic E-state index is -0.243. The van der Waals surface area contributed by atoms with E-state index in [-0.39, 0.29) is 23.8 Å². The minimum Gasteiger partial charge on any atom is -0.339 e. The first-order chi connectivity index (χ1) is 9.92. The molecule has 2 atom stereocenters. The zero-order valence-corrected chi connectivity index (χ0v) is 13.3. The lowest BCUT2D eigenvalue weighted by molar-refractivity contribution is -0.129. The molecule has 1 aliphatic rings. The van der Waals surface area contributed by atoms with E-state index in [4.69, 9.17) is 0 Å². The first-order valence-electron chi connectivity index (χ1n) is 7.60. The van der Waals surface area contributed by atoms with E-state index in [0.29, 0.717) is 13.0 Å². The normalized spacial score (nSPS) is 19.7. The molecule has 1 N–H and O–H groups in total. The third kappa shape index (κ3) is 3.43. The molecule has 4 heteroatoms. The van der Waals surface area contributed by atoms with Gasteiger partial charge in [0.1, 0.15) is 0 Å². The molecule has 1 aliphatic heterocycles. The summed E-state index contributed by atoms with van der Waals surface area (Å²) in [7, 11) is 0. The monoisotopic (exact) mass is 288 g/mol. The molecule has 1 aromatic rings. The number of benzene rings is 1. The summed E-state index contributed by atoms with van der Waals surface area (Å²) in [6.45, 7) is 8.63. The quantitative estimate of drug-likeness (QED) is 0.926. The highest BCUT2D eigenvalue weighted by atomic mass is 16.2. The van der Waals surface area contributed by atoms with Gasteiger partial charge in [-0.25, -0.2) is 0 Å². The van der Waals surface area contributed by atoms with E-state index in [2.05, 4.69) is 12.2 Å². The third-order valence-corrected chi connectivity index (χ3v) is 4.29. The Morgan fingerprint density at radius 1 is 1.43 bits per heavy atom. The third-order valence-electron chi connectivity index (χ3n) is 4.29. The van der Waals surface area contributed by atoms with Crippen molar-refractivity contribution in [1.82, 2.24) is 4.90 Å². The highest BCUT2D eigenvalue weighted by Crippen LogP contribution is 2.24. The number of nitrogens with zero attached hydrogens (tertiary/aromatic N) is 1. The van der Waals surface area contributed by atoms with Gasteiger partial charge in [0.25, 0.3) is 0 Å². The maximum atomic E-state index is 12.4. The van der Waals surface area contributed by atoms with E-state index >= 15 is 0 Å². The van der Waals surface area contributed by atoms with Gasteiger partial charge in [-0.3, -0.25) is 9.59 Å². The summed E-state index contributed by atoms with van der Waals surface area (Å²) in [6, 6.07) is 6.15. The van der Waals surface area contributed by atoms with Crippen LogP contribution in [0.15, 0.2) is 18.2 Å². The molecule has 1 fully saturated rings. The van der Waals surface area contributed by atoms with Crippen molar-refractivity contribution in [3.8, 4) is 0 Å². The number of rotatable bonds is 4. The van der Waals surface area contributed by atoms with Gasteiger partial charge in [0.05, 0.1) is 5.92 Å². The summed E-state index contributed by atoms with van der Waals surface area (Å²) in [5.74, 6) is -0.210. The van der Waals surface area contributed by atoms with Gasteiger partial charge in [0, 0.05) is 24.7 Å². The lowest BCUT2D eigenvalue weighted by Crippen LogP contribution is -2.35. The SMILES string of the molecule is CCC(C)N1CC(C(=O)Nc2ccc(C)cc2C)CC1=O. The summed E-state index contributed by atoms with van der Waals surface area (Å²) < 4.78 is 0. The molecule has 2 unspecified atom stereocenters. The number of aryl methyl sites for hydroxylation is 2. The predicted molar refractivity (Wildman–Crippen MR) is 84.1 cm³/mol. The Bertz CT molecular complexity index is 554. The van der Waals surface area contributed by atoms with Crippen molar-refractivity contribution >= 4 is 17.5 Å². The highest BCUT2D eigenvalue weighted by Gasteiger charge is 2.36. The second-order valence-corrected chi connectivity index (χ2v) is 6.01. The van der Waals surface area contributed by atoms with Crippen molar-refractivity contribution in [2.45, 2.75) is 46.6 Å². The van der Waals surface area contributed by atoms with Crippen molar-refractivity contribution in [2.75, 3.05) is 11.9 Å². The first kappa shape index (κ1) is 15.5. The van der Waals surface area contributed by atoms with Crippen LogP contribution in [0.1, 0.15) is 37.8 Å². The van der Waals surface area contributed by atoms with Crippen molar-refractivity contribution < 1.29 is 9.59 Å². The topological polar surface area (TPSA) is 49.4 Å². The largest absolute Gasteiger partial charge is 0.339 e. The van der Waals surface area contributed by atoms with Crippen molar-refractivity contribution in [3.63, 3.8) is 0 Å². The number of hydrogen-bond donors (Lipinski definition) is 1. The van der Waals surface area contributed by atoms with Crippen molar-refractivity contribution in [3.05, 3.63) is 29.3 Å². The first-order valence-corrected chi connectivity index (χ1v) is 7.60. The molecule has 21 heavy (non-hydrogen) atoms. The molecule has 0 aliphatic carbocycles. The number of amides is 2. The zero-order chi connectivity index (χ0) is 15.6. The molecule has 2 rings (SSSR count). The van der Waals surface area contributed by atoms with Crippen LogP contribution in [0.5, 0.6) is 0 Å². The molecule has 0 spiro atoms. The molecule has 0 aromatic heterocycles. The van der Waals surface area contributed by atoms with E-state index in [1.54, 1.807) is 0 Å². The summed E-state index contributed by atoms with van der Waals surface area (Å²) in [6.07, 6.45) is 1.23. The summed E-state index contributed by atoms with van der Waals surface area (Å²) in [5, 5.41) is 2.96. The van der Waals surface area contributed by atoms with E-state index in [0.717, 1.165) is 17.7 Å². The molecule has 114 valence electrons. The van der Waals surface area contributed by atoms with Crippen LogP contribution in [0.3, 0.4) is 0 Å². The average Bonchev–Trinajstić information content (AvgIpc) is 2.83. The standard InChI is InChI=1S/C17H24N2O2/c1-5-13(4)19-10-14(9-16(19)20)17(21)18-15-7-6-11(2)8-12(15)3/h6-8,13-14H,5,9-10H2,1-4H3,(H,18,21). The van der Waals surface area contributed by atoms with Gasteiger partial charge in [0.2, 0.25) is 11.8 Å². The number of carbonyl (C=O) groups excluding carboxylic acids is 2. The Labute approximate surface area is 126 Å². The molecule has 1 aromatic carbocycles. The Balaban J connectivity index is 2.03. The number of likely N-dealkylation sites (tertiary alicyclic amines) is 1. The molecular weight excluding hydrogens is 264 g/mol. The molecule has 1 heterocycles. The lowest BCUT2D eigenvalue weighted by Gasteiger charge is -2.23. The molecule has 1 saturated heterocycles. The predicted octanol–water partition coefficient (Wildman–Crippen LogP) is 2.89. The maximum absolute atomic E-state index is 12.4. The van der Waals surface area contributed by atoms with Crippen LogP contribution in [0.4, 0.5) is 5.69 Å². The molecule has 0 bridgehead atoms. The molecule has 0 radical (unpaired) electrons. The van der Waals surface area contributed by atoms with Gasteiger partial charge in [0.15, 0.2) is 0 Å². The molecule has 0 saturated carbocycles. The molecular formula is C17H24N2O2. The van der Waals surface area contributed by atoms with Crippen LogP contribution in [0.2, 0.25) is 0 Å². The van der Waals surface area contributed by atoms with Crippen LogP contribution < -0.4 is 5.32 Å². The second kappa shape index (κ2) is 6.29. The summed E-state index contributed by atoms with van der Waals surface area (Å²) >= 11 is 0. The Morgan fingerprint density at radius 3 is 2.76 bits per heavy atom. The second-order valence-electron chi connectivity index (χ2n) is 6.01. The Kier molecular flexibility index (Phi) is 4.66. The van der Waals surface area contributed by atoms with Crippen LogP contribution >= 0.6 is 0 Å². The van der Waals surface area contributed by atoms with Gasteiger partial charge >= 0.3 is 0 Å². The summed E-state index contributed by atoms with van der Waals surface area (Å²) in [5.41, 5.74) is 3.05. The maximum Gasteiger partial charge on any atom is 0.229 e. The van der Waals surface area contributed by atoms with E-state index in [1.165, 1.54) is 5.56 Å². The van der Waals surface area contributed by atoms with Crippen molar-refractivity contribution in [1.29, 1.82) is 0 Å². The summed E-state index contributed by atoms with van der Waals surface area (Å²) in [4.78, 5) is 26.2. The fourth-order valence-corrected chi connectivity index (χ4v) is 2.74. The molecule has 4 nitrogen and oxygen atoms in total. The van der Waals surface area contributed by atoms with Gasteiger partial charge < -0.3 is 10.2 Å². The van der Waals surface area contributed by atoms with Gasteiger partial charge in [-0.15, -0.1) is 0 Å². The fraction of sp³-hybridized carbons (Fsp3) is 0.529. The van der Waals surface area contributed by atoms with Crippen molar-refractivity contribution in [2.24, 2.45) is 5.92 Å². The van der Waals surface area contributed by atoms with Crippen LogP contribution in [-0.2, 0) is 9.59 Å². The van der Waals surface area contributed by atoms with Gasteiger partial charge in [-0.1, -0.05) is 24.6 Å². The van der Waals surface area contributed by atoms with Crippen LogP contribution in [0, 0.1) is 19.8 Å². The number of anilines is 1. The van der Waals surface area contributed by atoms with Crippen LogP contribution in [-0.4, -0.2) is 29.3 Å². The Morgan fingerprint density at radius 2 is 2.14 bits per heavy atom. The van der Waals surface area contributed by atoms with Gasteiger partial charge in [-0.2, -0.15) is 0 Å². The minimum absolute atomic E-state index is 0.0545. The zero-order valence-electron chi connectivity index (χ0n) is 13.3. The average molecular weight is 288 g/mol. The van der Waals surface area contributed by atoms with E-state index in [1.807, 2.05) is 43.9 Å². The lowest BCUT2D eigenvalue weighted by atomic mass is 10.1. The molecule has 2 amide bonds. The van der Waals surface area contributed by atoms with Gasteiger partial charge in [-0.05, 0) is 38.8 Å². The van der Waals surface area contributed by atoms with Crippen LogP contribution in [0.25, 0.3) is 0 Å². The number of nitrogens with one attached hydrogen (secondary N) is 1. The van der Waals surface area contributed by atoms with E-state index in [9.17, 15) is 9.59 Å². The number of hydrogen-bond acceptors (Lipinski definition) is 2. The smallest absolute Gasteiger partial charge is 0.229 e. The Hall–Kier alpha value is -1.84. The number of carbonyl (C=O) groups is 2. The van der Waals surface area contributed by atoms with E-state index < -0.39 is 0 Å².